The Morgan fingerprint density at radius 2 is 1.21 bits per heavy atom. The molecule has 2 N–H and O–H groups in total. The van der Waals surface area contributed by atoms with Gasteiger partial charge in [-0.1, -0.05) is 39.5 Å². The molecule has 0 aromatic carbocycles. The molecule has 0 saturated heterocycles. The number of rotatable bonds is 10. The van der Waals surface area contributed by atoms with Gasteiger partial charge >= 0.3 is 11.9 Å². The van der Waals surface area contributed by atoms with Gasteiger partial charge in [-0.05, 0) is 26.7 Å². The molecule has 0 rings (SSSR count). The second kappa shape index (κ2) is 7.48. The highest BCUT2D eigenvalue weighted by molar-refractivity contribution is 5.80. The molecule has 2 atom stereocenters. The van der Waals surface area contributed by atoms with Crippen LogP contribution >= 0.6 is 0 Å². The lowest BCUT2D eigenvalue weighted by molar-refractivity contribution is -0.201. The average molecular weight is 274 g/mol. The zero-order chi connectivity index (χ0) is 15.1. The fraction of sp³-hybridized carbons (Fsp3) is 0.857. The fourth-order valence-electron chi connectivity index (χ4n) is 1.93. The molecule has 0 aliphatic heterocycles. The largest absolute Gasteiger partial charge is 0.479 e. The zero-order valence-electron chi connectivity index (χ0n) is 12.4. The van der Waals surface area contributed by atoms with Crippen LogP contribution in [0, 0.1) is 0 Å². The lowest BCUT2D eigenvalue weighted by Gasteiger charge is -2.35. The van der Waals surface area contributed by atoms with Crippen LogP contribution < -0.4 is 0 Å². The molecule has 0 heterocycles. The summed E-state index contributed by atoms with van der Waals surface area (Å²) in [4.78, 5) is 22.8. The van der Waals surface area contributed by atoms with Crippen LogP contribution in [0.1, 0.15) is 66.2 Å². The van der Waals surface area contributed by atoms with Gasteiger partial charge in [0.25, 0.3) is 0 Å². The van der Waals surface area contributed by atoms with Gasteiger partial charge in [-0.2, -0.15) is 0 Å². The minimum atomic E-state index is -1.45. The minimum Gasteiger partial charge on any atom is -0.479 e. The SMILES string of the molecule is CCCCC(C)(OC(C)(CCCC)C(=O)O)C(=O)O. The quantitative estimate of drug-likeness (QED) is 0.639. The number of carboxylic acid groups (broad SMARTS) is 2. The molecule has 0 amide bonds. The zero-order valence-corrected chi connectivity index (χ0v) is 12.4. The molecule has 0 fully saturated rings. The predicted molar refractivity (Wildman–Crippen MR) is 72.2 cm³/mol. The Balaban J connectivity index is 5.04. The third-order valence-electron chi connectivity index (χ3n) is 3.37. The van der Waals surface area contributed by atoms with Crippen LogP contribution in [0.3, 0.4) is 0 Å². The highest BCUT2D eigenvalue weighted by Crippen LogP contribution is 2.30. The van der Waals surface area contributed by atoms with E-state index < -0.39 is 23.1 Å². The van der Waals surface area contributed by atoms with E-state index in [0.717, 1.165) is 12.8 Å². The average Bonchev–Trinajstić information content (AvgIpc) is 2.33. The van der Waals surface area contributed by atoms with Gasteiger partial charge in [0.2, 0.25) is 0 Å². The van der Waals surface area contributed by atoms with E-state index in [0.29, 0.717) is 25.7 Å². The van der Waals surface area contributed by atoms with Gasteiger partial charge in [-0.25, -0.2) is 9.59 Å². The van der Waals surface area contributed by atoms with E-state index in [2.05, 4.69) is 0 Å². The molecule has 5 nitrogen and oxygen atoms in total. The number of carboxylic acids is 2. The Hall–Kier alpha value is -1.10. The van der Waals surface area contributed by atoms with Crippen molar-refractivity contribution in [2.75, 3.05) is 0 Å². The van der Waals surface area contributed by atoms with E-state index in [1.54, 1.807) is 0 Å². The number of hydrogen-bond acceptors (Lipinski definition) is 3. The number of unbranched alkanes of at least 4 members (excludes halogenated alkanes) is 2. The monoisotopic (exact) mass is 274 g/mol. The van der Waals surface area contributed by atoms with E-state index in [1.807, 2.05) is 13.8 Å². The Kier molecular flexibility index (Phi) is 7.05. The first-order valence-corrected chi connectivity index (χ1v) is 6.89. The van der Waals surface area contributed by atoms with Crippen LogP contribution in [0.25, 0.3) is 0 Å². The normalized spacial score (nSPS) is 17.5. The molecule has 5 heteroatoms. The number of ether oxygens (including phenoxy) is 1. The van der Waals surface area contributed by atoms with Crippen LogP contribution in [-0.4, -0.2) is 33.4 Å². The highest BCUT2D eigenvalue weighted by atomic mass is 16.6. The Labute approximate surface area is 115 Å². The molecule has 19 heavy (non-hydrogen) atoms. The third-order valence-corrected chi connectivity index (χ3v) is 3.37. The maximum atomic E-state index is 11.4. The summed E-state index contributed by atoms with van der Waals surface area (Å²) in [6.45, 7) is 6.82. The van der Waals surface area contributed by atoms with Crippen molar-refractivity contribution in [3.8, 4) is 0 Å². The molecule has 0 aromatic heterocycles. The first-order valence-electron chi connectivity index (χ1n) is 6.89. The molecule has 0 bridgehead atoms. The van der Waals surface area contributed by atoms with Crippen molar-refractivity contribution in [1.82, 2.24) is 0 Å². The number of carbonyl (C=O) groups is 2. The third kappa shape index (κ3) is 5.19. The van der Waals surface area contributed by atoms with Gasteiger partial charge in [-0.15, -0.1) is 0 Å². The molecule has 0 aromatic rings. The topological polar surface area (TPSA) is 83.8 Å². The van der Waals surface area contributed by atoms with Gasteiger partial charge in [0, 0.05) is 0 Å². The van der Waals surface area contributed by atoms with Crippen molar-refractivity contribution in [2.24, 2.45) is 0 Å². The van der Waals surface area contributed by atoms with E-state index in [1.165, 1.54) is 13.8 Å². The van der Waals surface area contributed by atoms with Gasteiger partial charge in [0.15, 0.2) is 11.2 Å². The van der Waals surface area contributed by atoms with Crippen molar-refractivity contribution < 1.29 is 24.5 Å². The van der Waals surface area contributed by atoms with Crippen LogP contribution in [0.15, 0.2) is 0 Å². The van der Waals surface area contributed by atoms with Crippen LogP contribution in [-0.2, 0) is 14.3 Å². The molecule has 0 radical (unpaired) electrons. The summed E-state index contributed by atoms with van der Waals surface area (Å²) in [6.07, 6.45) is 3.68. The smallest absolute Gasteiger partial charge is 0.335 e. The molecular weight excluding hydrogens is 248 g/mol. The van der Waals surface area contributed by atoms with Crippen LogP contribution in [0.2, 0.25) is 0 Å². The van der Waals surface area contributed by atoms with Crippen LogP contribution in [0.4, 0.5) is 0 Å². The van der Waals surface area contributed by atoms with Crippen molar-refractivity contribution >= 4 is 11.9 Å². The summed E-state index contributed by atoms with van der Waals surface area (Å²) in [5.74, 6) is -2.21. The van der Waals surface area contributed by atoms with E-state index in [9.17, 15) is 19.8 Å². The van der Waals surface area contributed by atoms with E-state index >= 15 is 0 Å². The Bertz CT molecular complexity index is 285. The maximum Gasteiger partial charge on any atom is 0.335 e. The first kappa shape index (κ1) is 17.9. The van der Waals surface area contributed by atoms with Gasteiger partial charge in [0.1, 0.15) is 0 Å². The summed E-state index contributed by atoms with van der Waals surface area (Å²) in [5, 5.41) is 18.6. The fourth-order valence-corrected chi connectivity index (χ4v) is 1.93. The molecular formula is C14H26O5. The second-order valence-corrected chi connectivity index (χ2v) is 5.38. The minimum absolute atomic E-state index is 0.313. The summed E-state index contributed by atoms with van der Waals surface area (Å²) in [5.41, 5.74) is -2.90. The predicted octanol–water partition coefficient (Wildman–Crippen LogP) is 3.07. The summed E-state index contributed by atoms with van der Waals surface area (Å²) in [6, 6.07) is 0. The van der Waals surface area contributed by atoms with Crippen molar-refractivity contribution in [3.05, 3.63) is 0 Å². The van der Waals surface area contributed by atoms with Crippen molar-refractivity contribution in [1.29, 1.82) is 0 Å². The number of aliphatic carboxylic acids is 2. The first-order chi connectivity index (χ1) is 8.72. The lowest BCUT2D eigenvalue weighted by Crippen LogP contribution is -2.50. The van der Waals surface area contributed by atoms with Crippen molar-refractivity contribution in [3.63, 3.8) is 0 Å². The molecule has 0 aliphatic rings. The summed E-state index contributed by atoms with van der Waals surface area (Å²) in [7, 11) is 0. The Morgan fingerprint density at radius 1 is 0.895 bits per heavy atom. The van der Waals surface area contributed by atoms with Gasteiger partial charge in [0.05, 0.1) is 0 Å². The molecule has 2 unspecified atom stereocenters. The molecule has 0 saturated carbocycles. The summed E-state index contributed by atoms with van der Waals surface area (Å²) >= 11 is 0. The molecule has 112 valence electrons. The van der Waals surface area contributed by atoms with E-state index in [-0.39, 0.29) is 0 Å². The number of hydrogen-bond donors (Lipinski definition) is 2. The van der Waals surface area contributed by atoms with E-state index in [4.69, 9.17) is 4.74 Å². The highest BCUT2D eigenvalue weighted by Gasteiger charge is 2.45. The Morgan fingerprint density at radius 3 is 1.42 bits per heavy atom. The second-order valence-electron chi connectivity index (χ2n) is 5.38. The van der Waals surface area contributed by atoms with Gasteiger partial charge in [-0.3, -0.25) is 0 Å². The maximum absolute atomic E-state index is 11.4. The van der Waals surface area contributed by atoms with Crippen LogP contribution in [0.5, 0.6) is 0 Å². The standard InChI is InChI=1S/C14H26O5/c1-5-7-9-13(3,11(15)16)19-14(4,12(17)18)10-8-6-2/h5-10H2,1-4H3,(H,15,16)(H,17,18). The molecule has 0 aliphatic carbocycles. The van der Waals surface area contributed by atoms with Gasteiger partial charge < -0.3 is 14.9 Å². The summed E-state index contributed by atoms with van der Waals surface area (Å²) < 4.78 is 5.55. The molecule has 0 spiro atoms. The lowest BCUT2D eigenvalue weighted by atomic mass is 9.93. The van der Waals surface area contributed by atoms with Crippen molar-refractivity contribution in [2.45, 2.75) is 77.4 Å².